The van der Waals surface area contributed by atoms with E-state index in [9.17, 15) is 4.79 Å². The molecule has 1 rings (SSSR count). The van der Waals surface area contributed by atoms with E-state index in [-0.39, 0.29) is 0 Å². The van der Waals surface area contributed by atoms with E-state index in [0.29, 0.717) is 5.56 Å². The number of allylic oxidation sites excluding steroid dienone is 1. The Kier molecular flexibility index (Phi) is 3.47. The summed E-state index contributed by atoms with van der Waals surface area (Å²) in [5.41, 5.74) is 0.349. The molecule has 0 bridgehead atoms. The minimum atomic E-state index is -1.45. The van der Waals surface area contributed by atoms with Gasteiger partial charge in [-0.1, -0.05) is 36.5 Å². The average Bonchev–Trinajstić information content (AvgIpc) is 2.18. The van der Waals surface area contributed by atoms with E-state index in [1.54, 1.807) is 12.1 Å². The van der Waals surface area contributed by atoms with Gasteiger partial charge in [-0.15, -0.1) is 6.58 Å². The van der Waals surface area contributed by atoms with Gasteiger partial charge < -0.3 is 5.11 Å². The molecule has 0 fully saturated rings. The first-order chi connectivity index (χ1) is 6.97. The highest BCUT2D eigenvalue weighted by Gasteiger charge is 2.21. The number of hydrogen-bond donors (Lipinski definition) is 1. The molecule has 0 spiro atoms. The monoisotopic (exact) mass is 220 g/mol. The molecule has 0 aromatic heterocycles. The molecule has 0 aliphatic rings. The lowest BCUT2D eigenvalue weighted by Crippen LogP contribution is -2.40. The normalized spacial score (nSPS) is 11.1. The minimum absolute atomic E-state index is 0.349. The molecule has 1 N–H and O–H groups in total. The summed E-state index contributed by atoms with van der Waals surface area (Å²) in [7, 11) is -1.45. The van der Waals surface area contributed by atoms with Crippen molar-refractivity contribution in [1.82, 2.24) is 0 Å². The second kappa shape index (κ2) is 4.44. The van der Waals surface area contributed by atoms with Crippen molar-refractivity contribution in [3.63, 3.8) is 0 Å². The molecule has 0 unspecified atom stereocenters. The van der Waals surface area contributed by atoms with Crippen molar-refractivity contribution in [2.24, 2.45) is 0 Å². The van der Waals surface area contributed by atoms with Crippen molar-refractivity contribution in [1.29, 1.82) is 0 Å². The largest absolute Gasteiger partial charge is 0.478 e. The molecule has 0 aliphatic carbocycles. The second-order valence-electron chi connectivity index (χ2n) is 4.26. The van der Waals surface area contributed by atoms with Gasteiger partial charge in [-0.3, -0.25) is 0 Å². The van der Waals surface area contributed by atoms with E-state index in [1.165, 1.54) is 5.19 Å². The van der Waals surface area contributed by atoms with Crippen LogP contribution in [0.2, 0.25) is 19.1 Å². The molecule has 0 saturated heterocycles. The van der Waals surface area contributed by atoms with Crippen LogP contribution in [0.1, 0.15) is 10.4 Å². The Hall–Kier alpha value is -1.35. The van der Waals surface area contributed by atoms with Crippen LogP contribution < -0.4 is 5.19 Å². The quantitative estimate of drug-likeness (QED) is 0.625. The fourth-order valence-corrected chi connectivity index (χ4v) is 3.57. The van der Waals surface area contributed by atoms with Crippen molar-refractivity contribution in [3.8, 4) is 0 Å². The van der Waals surface area contributed by atoms with Crippen LogP contribution in [0.3, 0.4) is 0 Å². The van der Waals surface area contributed by atoms with Crippen molar-refractivity contribution in [2.45, 2.75) is 19.1 Å². The van der Waals surface area contributed by atoms with Gasteiger partial charge in [0.15, 0.2) is 0 Å². The predicted octanol–water partition coefficient (Wildman–Crippen LogP) is 2.49. The van der Waals surface area contributed by atoms with Gasteiger partial charge in [-0.2, -0.15) is 0 Å². The van der Waals surface area contributed by atoms with Crippen LogP contribution in [0.15, 0.2) is 36.9 Å². The molecule has 0 amide bonds. The molecule has 1 aromatic carbocycles. The maximum absolute atomic E-state index is 10.7. The van der Waals surface area contributed by atoms with E-state index in [0.717, 1.165) is 6.04 Å². The summed E-state index contributed by atoms with van der Waals surface area (Å²) >= 11 is 0. The summed E-state index contributed by atoms with van der Waals surface area (Å²) in [4.78, 5) is 10.7. The molecule has 1 aromatic rings. The standard InChI is InChI=1S/C12H16O2Si/c1-4-9-15(2,3)11-7-5-10(6-8-11)12(13)14/h4-8H,1,9H2,2-3H3,(H,13,14). The number of aromatic carboxylic acids is 1. The van der Waals surface area contributed by atoms with E-state index in [2.05, 4.69) is 19.7 Å². The molecular weight excluding hydrogens is 204 g/mol. The summed E-state index contributed by atoms with van der Waals surface area (Å²) in [5.74, 6) is -0.871. The Balaban J connectivity index is 2.97. The third-order valence-electron chi connectivity index (χ3n) is 2.57. The summed E-state index contributed by atoms with van der Waals surface area (Å²) in [6.45, 7) is 8.27. The van der Waals surface area contributed by atoms with E-state index in [4.69, 9.17) is 5.11 Å². The van der Waals surface area contributed by atoms with Gasteiger partial charge >= 0.3 is 5.97 Å². The lowest BCUT2D eigenvalue weighted by molar-refractivity contribution is 0.0697. The Bertz CT molecular complexity index is 366. The van der Waals surface area contributed by atoms with Gasteiger partial charge in [0.2, 0.25) is 0 Å². The van der Waals surface area contributed by atoms with E-state index >= 15 is 0 Å². The average molecular weight is 220 g/mol. The number of carboxylic acid groups (broad SMARTS) is 1. The molecular formula is C12H16O2Si. The number of rotatable bonds is 4. The first-order valence-electron chi connectivity index (χ1n) is 4.92. The first kappa shape index (κ1) is 11.7. The highest BCUT2D eigenvalue weighted by molar-refractivity contribution is 6.90. The van der Waals surface area contributed by atoms with Gasteiger partial charge in [0.25, 0.3) is 0 Å². The highest BCUT2D eigenvalue weighted by atomic mass is 28.3. The SMILES string of the molecule is C=CC[Si](C)(C)c1ccc(C(=O)O)cc1. The van der Waals surface area contributed by atoms with Crippen LogP contribution in [0.25, 0.3) is 0 Å². The van der Waals surface area contributed by atoms with Gasteiger partial charge in [-0.05, 0) is 18.2 Å². The van der Waals surface area contributed by atoms with Gasteiger partial charge in [-0.25, -0.2) is 4.79 Å². The maximum Gasteiger partial charge on any atom is 0.335 e. The van der Waals surface area contributed by atoms with Crippen LogP contribution in [0.5, 0.6) is 0 Å². The van der Waals surface area contributed by atoms with Crippen LogP contribution in [0.4, 0.5) is 0 Å². The number of benzene rings is 1. The Labute approximate surface area is 91.3 Å². The molecule has 3 heteroatoms. The number of carbonyl (C=O) groups is 1. The van der Waals surface area contributed by atoms with Gasteiger partial charge in [0.1, 0.15) is 0 Å². The Morgan fingerprint density at radius 1 is 1.40 bits per heavy atom. The zero-order valence-electron chi connectivity index (χ0n) is 9.16. The minimum Gasteiger partial charge on any atom is -0.478 e. The molecule has 0 aliphatic heterocycles. The number of hydrogen-bond acceptors (Lipinski definition) is 1. The highest BCUT2D eigenvalue weighted by Crippen LogP contribution is 2.10. The lowest BCUT2D eigenvalue weighted by Gasteiger charge is -2.20. The van der Waals surface area contributed by atoms with E-state index in [1.807, 2.05) is 18.2 Å². The van der Waals surface area contributed by atoms with Gasteiger partial charge in [0.05, 0.1) is 13.6 Å². The van der Waals surface area contributed by atoms with Crippen molar-refractivity contribution in [2.75, 3.05) is 0 Å². The van der Waals surface area contributed by atoms with Crippen LogP contribution >= 0.6 is 0 Å². The fraction of sp³-hybridized carbons (Fsp3) is 0.250. The zero-order chi connectivity index (χ0) is 11.5. The molecule has 0 atom stereocenters. The van der Waals surface area contributed by atoms with Crippen LogP contribution in [-0.4, -0.2) is 19.1 Å². The Morgan fingerprint density at radius 3 is 2.33 bits per heavy atom. The zero-order valence-corrected chi connectivity index (χ0v) is 10.2. The van der Waals surface area contributed by atoms with Gasteiger partial charge in [0, 0.05) is 0 Å². The fourth-order valence-electron chi connectivity index (χ4n) is 1.54. The first-order valence-corrected chi connectivity index (χ1v) is 8.13. The smallest absolute Gasteiger partial charge is 0.335 e. The summed E-state index contributed by atoms with van der Waals surface area (Å²) in [5, 5.41) is 10.0. The summed E-state index contributed by atoms with van der Waals surface area (Å²) in [6.07, 6.45) is 1.94. The predicted molar refractivity (Wildman–Crippen MR) is 65.5 cm³/mol. The molecule has 80 valence electrons. The third-order valence-corrected chi connectivity index (χ3v) is 5.77. The van der Waals surface area contributed by atoms with Crippen molar-refractivity contribution in [3.05, 3.63) is 42.5 Å². The summed E-state index contributed by atoms with van der Waals surface area (Å²) < 4.78 is 0. The third kappa shape index (κ3) is 2.80. The van der Waals surface area contributed by atoms with Crippen LogP contribution in [0, 0.1) is 0 Å². The topological polar surface area (TPSA) is 37.3 Å². The molecule has 0 heterocycles. The molecule has 15 heavy (non-hydrogen) atoms. The Morgan fingerprint density at radius 2 is 1.93 bits per heavy atom. The lowest BCUT2D eigenvalue weighted by atomic mass is 10.2. The molecule has 2 nitrogen and oxygen atoms in total. The van der Waals surface area contributed by atoms with Crippen molar-refractivity contribution < 1.29 is 9.90 Å². The maximum atomic E-state index is 10.7. The van der Waals surface area contributed by atoms with Crippen LogP contribution in [-0.2, 0) is 0 Å². The van der Waals surface area contributed by atoms with E-state index < -0.39 is 14.0 Å². The second-order valence-corrected chi connectivity index (χ2v) is 9.01. The molecule has 0 radical (unpaired) electrons. The summed E-state index contributed by atoms with van der Waals surface area (Å²) in [6, 6.07) is 8.22. The molecule has 0 saturated carbocycles. The number of carboxylic acids is 1. The van der Waals surface area contributed by atoms with Crippen molar-refractivity contribution >= 4 is 19.2 Å².